The summed E-state index contributed by atoms with van der Waals surface area (Å²) in [4.78, 5) is 30.8. The number of carbonyl (C=O) groups is 1. The minimum Gasteiger partial charge on any atom is -0.423 e. The third-order valence-corrected chi connectivity index (χ3v) is 6.18. The minimum atomic E-state index is -0.420. The Morgan fingerprint density at radius 3 is 2.75 bits per heavy atom. The Bertz CT molecular complexity index is 1530. The van der Waals surface area contributed by atoms with Crippen molar-refractivity contribution in [3.05, 3.63) is 75.6 Å². The van der Waals surface area contributed by atoms with Crippen LogP contribution in [0.2, 0.25) is 0 Å². The van der Waals surface area contributed by atoms with E-state index in [0.717, 1.165) is 21.5 Å². The van der Waals surface area contributed by atoms with Crippen LogP contribution in [0.1, 0.15) is 35.8 Å². The van der Waals surface area contributed by atoms with Crippen LogP contribution in [-0.2, 0) is 0 Å². The SMILES string of the molecule is Cc1cc(=O)oc2cc(NC(=O)c3cc(-c4cccs4)nc4c3cnn4C(C)C)ccc12. The van der Waals surface area contributed by atoms with Gasteiger partial charge in [-0.05, 0) is 56.0 Å². The Balaban J connectivity index is 1.60. The largest absolute Gasteiger partial charge is 0.423 e. The number of hydrogen-bond donors (Lipinski definition) is 1. The molecule has 1 aromatic carbocycles. The van der Waals surface area contributed by atoms with Crippen molar-refractivity contribution >= 4 is 44.9 Å². The summed E-state index contributed by atoms with van der Waals surface area (Å²) in [6.45, 7) is 5.90. The van der Waals surface area contributed by atoms with E-state index in [0.29, 0.717) is 27.9 Å². The Labute approximate surface area is 187 Å². The van der Waals surface area contributed by atoms with Crippen LogP contribution < -0.4 is 10.9 Å². The van der Waals surface area contributed by atoms with Gasteiger partial charge in [-0.1, -0.05) is 6.07 Å². The van der Waals surface area contributed by atoms with E-state index in [9.17, 15) is 9.59 Å². The van der Waals surface area contributed by atoms with Gasteiger partial charge in [-0.15, -0.1) is 11.3 Å². The number of nitrogens with zero attached hydrogens (tertiary/aromatic N) is 3. The van der Waals surface area contributed by atoms with Gasteiger partial charge in [-0.25, -0.2) is 14.5 Å². The number of fused-ring (bicyclic) bond motifs is 2. The highest BCUT2D eigenvalue weighted by Gasteiger charge is 2.19. The standard InChI is InChI=1S/C24H20N4O3S/c1-13(2)28-23-18(12-25-28)17(11-19(27-23)21-5-4-8-32-21)24(30)26-15-6-7-16-14(3)9-22(29)31-20(16)10-15/h4-13H,1-3H3,(H,26,30). The molecule has 1 N–H and O–H groups in total. The lowest BCUT2D eigenvalue weighted by Gasteiger charge is -2.11. The number of amides is 1. The maximum atomic E-state index is 13.3. The number of pyridine rings is 1. The number of benzene rings is 1. The Hall–Kier alpha value is -3.78. The van der Waals surface area contributed by atoms with E-state index in [-0.39, 0.29) is 11.9 Å². The molecule has 8 heteroatoms. The van der Waals surface area contributed by atoms with Crippen molar-refractivity contribution in [2.45, 2.75) is 26.8 Å². The molecule has 5 aromatic rings. The van der Waals surface area contributed by atoms with Crippen LogP contribution in [0, 0.1) is 6.92 Å². The summed E-state index contributed by atoms with van der Waals surface area (Å²) in [5, 5.41) is 10.9. The molecule has 0 bridgehead atoms. The molecule has 4 aromatic heterocycles. The number of rotatable bonds is 4. The molecule has 0 saturated heterocycles. The van der Waals surface area contributed by atoms with Gasteiger partial charge in [0, 0.05) is 29.2 Å². The van der Waals surface area contributed by atoms with Crippen LogP contribution >= 0.6 is 11.3 Å². The number of anilines is 1. The molecule has 160 valence electrons. The first kappa shape index (κ1) is 20.1. The van der Waals surface area contributed by atoms with Gasteiger partial charge in [0.05, 0.1) is 27.7 Å². The molecule has 0 aliphatic rings. The normalized spacial score (nSPS) is 11.5. The lowest BCUT2D eigenvalue weighted by atomic mass is 10.1. The second-order valence-electron chi connectivity index (χ2n) is 7.87. The van der Waals surface area contributed by atoms with Crippen LogP contribution in [0.3, 0.4) is 0 Å². The van der Waals surface area contributed by atoms with Crippen molar-refractivity contribution in [1.82, 2.24) is 14.8 Å². The maximum absolute atomic E-state index is 13.3. The Kier molecular flexibility index (Phi) is 4.86. The van der Waals surface area contributed by atoms with E-state index >= 15 is 0 Å². The van der Waals surface area contributed by atoms with Gasteiger partial charge in [0.15, 0.2) is 5.65 Å². The van der Waals surface area contributed by atoms with Crippen molar-refractivity contribution in [1.29, 1.82) is 0 Å². The molecule has 5 rings (SSSR count). The number of aryl methyl sites for hydroxylation is 1. The minimum absolute atomic E-state index is 0.0983. The van der Waals surface area contributed by atoms with Crippen molar-refractivity contribution in [2.75, 3.05) is 5.32 Å². The number of carbonyl (C=O) groups excluding carboxylic acids is 1. The molecule has 0 saturated carbocycles. The van der Waals surface area contributed by atoms with Gasteiger partial charge in [0.1, 0.15) is 5.58 Å². The van der Waals surface area contributed by atoms with Crippen molar-refractivity contribution in [3.8, 4) is 10.6 Å². The molecule has 0 atom stereocenters. The molecule has 7 nitrogen and oxygen atoms in total. The topological polar surface area (TPSA) is 90.0 Å². The third kappa shape index (κ3) is 3.48. The van der Waals surface area contributed by atoms with Gasteiger partial charge in [0.25, 0.3) is 5.91 Å². The Morgan fingerprint density at radius 2 is 2.00 bits per heavy atom. The first-order valence-electron chi connectivity index (χ1n) is 10.2. The Morgan fingerprint density at radius 1 is 1.16 bits per heavy atom. The predicted octanol–water partition coefficient (Wildman–Crippen LogP) is 5.41. The van der Waals surface area contributed by atoms with Gasteiger partial charge in [0.2, 0.25) is 0 Å². The van der Waals surface area contributed by atoms with E-state index in [2.05, 4.69) is 10.4 Å². The second kappa shape index (κ2) is 7.72. The van der Waals surface area contributed by atoms with Crippen LogP contribution in [0.4, 0.5) is 5.69 Å². The summed E-state index contributed by atoms with van der Waals surface area (Å²) < 4.78 is 7.13. The molecule has 4 heterocycles. The fourth-order valence-corrected chi connectivity index (χ4v) is 4.42. The molecule has 0 fully saturated rings. The van der Waals surface area contributed by atoms with Crippen molar-refractivity contribution in [3.63, 3.8) is 0 Å². The van der Waals surface area contributed by atoms with Crippen LogP contribution in [0.25, 0.3) is 32.6 Å². The summed E-state index contributed by atoms with van der Waals surface area (Å²) in [7, 11) is 0. The van der Waals surface area contributed by atoms with Gasteiger partial charge >= 0.3 is 5.63 Å². The van der Waals surface area contributed by atoms with E-state index < -0.39 is 5.63 Å². The van der Waals surface area contributed by atoms with Crippen molar-refractivity contribution in [2.24, 2.45) is 0 Å². The summed E-state index contributed by atoms with van der Waals surface area (Å²) >= 11 is 1.56. The third-order valence-electron chi connectivity index (χ3n) is 5.28. The van der Waals surface area contributed by atoms with E-state index in [1.165, 1.54) is 6.07 Å². The second-order valence-corrected chi connectivity index (χ2v) is 8.81. The first-order valence-corrected chi connectivity index (χ1v) is 11.1. The first-order chi connectivity index (χ1) is 15.4. The fourth-order valence-electron chi connectivity index (χ4n) is 3.74. The fraction of sp³-hybridized carbons (Fsp3) is 0.167. The summed E-state index contributed by atoms with van der Waals surface area (Å²) in [5.41, 5.74) is 3.24. The molecule has 0 unspecified atom stereocenters. The summed E-state index contributed by atoms with van der Waals surface area (Å²) in [5.74, 6) is -0.284. The van der Waals surface area contributed by atoms with Crippen LogP contribution in [0.15, 0.2) is 63.3 Å². The lowest BCUT2D eigenvalue weighted by molar-refractivity contribution is 0.102. The summed E-state index contributed by atoms with van der Waals surface area (Å²) in [6, 6.07) is 12.6. The molecule has 0 aliphatic carbocycles. The maximum Gasteiger partial charge on any atom is 0.336 e. The molecular formula is C24H20N4O3S. The number of hydrogen-bond acceptors (Lipinski definition) is 6. The molecule has 1 amide bonds. The monoisotopic (exact) mass is 444 g/mol. The van der Waals surface area contributed by atoms with Gasteiger partial charge in [-0.2, -0.15) is 5.10 Å². The average Bonchev–Trinajstić information content (AvgIpc) is 3.42. The smallest absolute Gasteiger partial charge is 0.336 e. The van der Waals surface area contributed by atoms with Crippen molar-refractivity contribution < 1.29 is 9.21 Å². The van der Waals surface area contributed by atoms with E-state index in [1.807, 2.05) is 49.0 Å². The average molecular weight is 445 g/mol. The highest BCUT2D eigenvalue weighted by molar-refractivity contribution is 7.13. The van der Waals surface area contributed by atoms with E-state index in [1.54, 1.807) is 35.7 Å². The molecule has 0 radical (unpaired) electrons. The lowest BCUT2D eigenvalue weighted by Crippen LogP contribution is -2.13. The van der Waals surface area contributed by atoms with Crippen LogP contribution in [0.5, 0.6) is 0 Å². The molecule has 0 aliphatic heterocycles. The number of nitrogens with one attached hydrogen (secondary N) is 1. The highest BCUT2D eigenvalue weighted by Crippen LogP contribution is 2.30. The predicted molar refractivity (Wildman–Crippen MR) is 126 cm³/mol. The molecule has 0 spiro atoms. The zero-order valence-electron chi connectivity index (χ0n) is 17.7. The molecular weight excluding hydrogens is 424 g/mol. The van der Waals surface area contributed by atoms with Crippen LogP contribution in [-0.4, -0.2) is 20.7 Å². The van der Waals surface area contributed by atoms with Gasteiger partial charge < -0.3 is 9.73 Å². The van der Waals surface area contributed by atoms with E-state index in [4.69, 9.17) is 9.40 Å². The zero-order valence-corrected chi connectivity index (χ0v) is 18.6. The molecule has 32 heavy (non-hydrogen) atoms. The highest BCUT2D eigenvalue weighted by atomic mass is 32.1. The number of aromatic nitrogens is 3. The quantitative estimate of drug-likeness (QED) is 0.375. The number of thiophene rings is 1. The zero-order chi connectivity index (χ0) is 22.4. The summed E-state index contributed by atoms with van der Waals surface area (Å²) in [6.07, 6.45) is 1.68. The van der Waals surface area contributed by atoms with Gasteiger partial charge in [-0.3, -0.25) is 4.79 Å².